The van der Waals surface area contributed by atoms with Gasteiger partial charge in [0.2, 0.25) is 11.8 Å². The number of carbonyl (C=O) groups excluding carboxylic acids is 2. The molecule has 7 heteroatoms. The van der Waals surface area contributed by atoms with Crippen molar-refractivity contribution in [1.82, 2.24) is 10.2 Å². The quantitative estimate of drug-likeness (QED) is 0.797. The maximum atomic E-state index is 12.1. The minimum atomic E-state index is -0.571. The summed E-state index contributed by atoms with van der Waals surface area (Å²) in [4.78, 5) is 24.6. The van der Waals surface area contributed by atoms with Gasteiger partial charge in [0, 0.05) is 26.3 Å². The van der Waals surface area contributed by atoms with Crippen LogP contribution in [0.15, 0.2) is 15.2 Å². The van der Waals surface area contributed by atoms with Gasteiger partial charge in [0.1, 0.15) is 6.04 Å². The van der Waals surface area contributed by atoms with Gasteiger partial charge >= 0.3 is 0 Å². The number of thiol groups is 1. The van der Waals surface area contributed by atoms with Crippen molar-refractivity contribution in [2.75, 3.05) is 12.8 Å². The molecule has 0 bridgehead atoms. The molecule has 0 aliphatic carbocycles. The number of amides is 2. The molecule has 1 aromatic heterocycles. The Hall–Kier alpha value is -0.530. The van der Waals surface area contributed by atoms with Crippen LogP contribution in [0, 0.1) is 0 Å². The second-order valence-electron chi connectivity index (χ2n) is 3.89. The molecule has 1 rings (SSSR count). The molecule has 0 saturated heterocycles. The average Bonchev–Trinajstić information content (AvgIpc) is 2.70. The highest BCUT2D eigenvalue weighted by molar-refractivity contribution is 9.11. The summed E-state index contributed by atoms with van der Waals surface area (Å²) in [5, 5.41) is 4.58. The zero-order valence-electron chi connectivity index (χ0n) is 10.1. The zero-order valence-corrected chi connectivity index (χ0v) is 13.4. The third-order valence-corrected chi connectivity index (χ3v) is 4.19. The number of halogens is 1. The number of likely N-dealkylation sites (N-methyl/N-ethyl adjacent to an activating group) is 1. The molecule has 0 saturated carbocycles. The Labute approximate surface area is 124 Å². The van der Waals surface area contributed by atoms with Gasteiger partial charge in [-0.25, -0.2) is 0 Å². The van der Waals surface area contributed by atoms with E-state index in [1.54, 1.807) is 23.3 Å². The van der Waals surface area contributed by atoms with Crippen molar-refractivity contribution in [2.24, 2.45) is 0 Å². The summed E-state index contributed by atoms with van der Waals surface area (Å²) < 4.78 is 1.03. The number of rotatable bonds is 5. The maximum Gasteiger partial charge on any atom is 0.246 e. The van der Waals surface area contributed by atoms with E-state index in [2.05, 4.69) is 33.9 Å². The van der Waals surface area contributed by atoms with Crippen molar-refractivity contribution in [3.05, 3.63) is 20.8 Å². The van der Waals surface area contributed by atoms with E-state index in [0.29, 0.717) is 6.54 Å². The largest absolute Gasteiger partial charge is 0.344 e. The molecule has 18 heavy (non-hydrogen) atoms. The Morgan fingerprint density at radius 2 is 2.28 bits per heavy atom. The Morgan fingerprint density at radius 3 is 2.72 bits per heavy atom. The lowest BCUT2D eigenvalue weighted by Gasteiger charge is -2.22. The van der Waals surface area contributed by atoms with Crippen molar-refractivity contribution in [2.45, 2.75) is 19.5 Å². The first-order chi connectivity index (χ1) is 8.43. The molecule has 1 aromatic rings. The normalized spacial score (nSPS) is 12.0. The molecule has 0 aliphatic heterocycles. The molecule has 0 aliphatic rings. The van der Waals surface area contributed by atoms with Gasteiger partial charge in [-0.1, -0.05) is 0 Å². The first-order valence-corrected chi connectivity index (χ1v) is 7.60. The van der Waals surface area contributed by atoms with Crippen LogP contribution in [-0.4, -0.2) is 35.6 Å². The lowest BCUT2D eigenvalue weighted by atomic mass is 10.2. The second kappa shape index (κ2) is 7.16. The van der Waals surface area contributed by atoms with Crippen LogP contribution >= 0.6 is 39.9 Å². The molecule has 1 N–H and O–H groups in total. The predicted octanol–water partition coefficient (Wildman–Crippen LogP) is 1.90. The molecule has 4 nitrogen and oxygen atoms in total. The molecule has 2 amide bonds. The summed E-state index contributed by atoms with van der Waals surface area (Å²) in [7, 11) is 1.71. The first kappa shape index (κ1) is 15.5. The van der Waals surface area contributed by atoms with E-state index in [-0.39, 0.29) is 17.6 Å². The van der Waals surface area contributed by atoms with Crippen LogP contribution in [0.5, 0.6) is 0 Å². The summed E-state index contributed by atoms with van der Waals surface area (Å²) in [5.41, 5.74) is 1.06. The Morgan fingerprint density at radius 1 is 1.61 bits per heavy atom. The summed E-state index contributed by atoms with van der Waals surface area (Å²) >= 11 is 9.04. The van der Waals surface area contributed by atoms with Gasteiger partial charge in [-0.05, 0) is 32.9 Å². The number of thiophene rings is 1. The van der Waals surface area contributed by atoms with Crippen LogP contribution in [-0.2, 0) is 16.1 Å². The van der Waals surface area contributed by atoms with Crippen LogP contribution in [0.3, 0.4) is 0 Å². The number of nitrogens with one attached hydrogen (secondary N) is 1. The van der Waals surface area contributed by atoms with Crippen molar-refractivity contribution in [1.29, 1.82) is 0 Å². The topological polar surface area (TPSA) is 49.4 Å². The van der Waals surface area contributed by atoms with Gasteiger partial charge in [-0.2, -0.15) is 12.6 Å². The molecular formula is C11H15BrN2O2S2. The van der Waals surface area contributed by atoms with Crippen LogP contribution in [0.25, 0.3) is 0 Å². The minimum Gasteiger partial charge on any atom is -0.344 e. The highest BCUT2D eigenvalue weighted by Gasteiger charge is 2.21. The van der Waals surface area contributed by atoms with Gasteiger partial charge in [0.15, 0.2) is 0 Å². The van der Waals surface area contributed by atoms with E-state index in [0.717, 1.165) is 9.35 Å². The molecule has 1 heterocycles. The molecule has 0 fully saturated rings. The standard InChI is InChI=1S/C11H15BrN2O2S2/c1-7(15)13-9(5-17)11(16)14(2)4-8-3-10(12)18-6-8/h3,6,9,17H,4-5H2,1-2H3,(H,13,15). The van der Waals surface area contributed by atoms with Crippen LogP contribution in [0.4, 0.5) is 0 Å². The molecule has 1 atom stereocenters. The van der Waals surface area contributed by atoms with Gasteiger partial charge in [-0.3, -0.25) is 9.59 Å². The zero-order chi connectivity index (χ0) is 13.7. The van der Waals surface area contributed by atoms with Crippen LogP contribution in [0.1, 0.15) is 12.5 Å². The smallest absolute Gasteiger partial charge is 0.246 e. The molecule has 0 radical (unpaired) electrons. The molecule has 100 valence electrons. The summed E-state index contributed by atoms with van der Waals surface area (Å²) in [6.07, 6.45) is 0. The Bertz CT molecular complexity index is 436. The monoisotopic (exact) mass is 350 g/mol. The van der Waals surface area contributed by atoms with Crippen LogP contribution < -0.4 is 5.32 Å². The van der Waals surface area contributed by atoms with E-state index < -0.39 is 6.04 Å². The number of hydrogen-bond acceptors (Lipinski definition) is 4. The Kier molecular flexibility index (Phi) is 6.17. The SMILES string of the molecule is CC(=O)NC(CS)C(=O)N(C)Cc1csc(Br)c1. The highest BCUT2D eigenvalue weighted by Crippen LogP contribution is 2.21. The van der Waals surface area contributed by atoms with Crippen molar-refractivity contribution in [3.8, 4) is 0 Å². The summed E-state index contributed by atoms with van der Waals surface area (Å²) in [5.74, 6) is -0.0765. The van der Waals surface area contributed by atoms with E-state index >= 15 is 0 Å². The van der Waals surface area contributed by atoms with E-state index in [1.165, 1.54) is 6.92 Å². The van der Waals surface area contributed by atoms with Crippen molar-refractivity contribution < 1.29 is 9.59 Å². The third kappa shape index (κ3) is 4.62. The average molecular weight is 351 g/mol. The van der Waals surface area contributed by atoms with Crippen molar-refractivity contribution in [3.63, 3.8) is 0 Å². The number of hydrogen-bond donors (Lipinski definition) is 2. The predicted molar refractivity (Wildman–Crippen MR) is 80.0 cm³/mol. The van der Waals surface area contributed by atoms with Gasteiger partial charge < -0.3 is 10.2 Å². The van der Waals surface area contributed by atoms with Gasteiger partial charge in [0.25, 0.3) is 0 Å². The molecule has 1 unspecified atom stereocenters. The fourth-order valence-corrected chi connectivity index (χ4v) is 2.93. The summed E-state index contributed by atoms with van der Waals surface area (Å²) in [6, 6.07) is 1.40. The third-order valence-electron chi connectivity index (χ3n) is 2.28. The number of carbonyl (C=O) groups is 2. The van der Waals surface area contributed by atoms with Crippen LogP contribution in [0.2, 0.25) is 0 Å². The van der Waals surface area contributed by atoms with Crippen molar-refractivity contribution >= 4 is 51.7 Å². The molecule has 0 spiro atoms. The molecular weight excluding hydrogens is 336 g/mol. The van der Waals surface area contributed by atoms with E-state index in [4.69, 9.17) is 0 Å². The molecule has 0 aromatic carbocycles. The summed E-state index contributed by atoms with van der Waals surface area (Å²) in [6.45, 7) is 1.91. The Balaban J connectivity index is 2.61. The van der Waals surface area contributed by atoms with E-state index in [9.17, 15) is 9.59 Å². The van der Waals surface area contributed by atoms with E-state index in [1.807, 2.05) is 11.4 Å². The fraction of sp³-hybridized carbons (Fsp3) is 0.455. The van der Waals surface area contributed by atoms with Gasteiger partial charge in [-0.15, -0.1) is 11.3 Å². The lowest BCUT2D eigenvalue weighted by Crippen LogP contribution is -2.47. The number of nitrogens with zero attached hydrogens (tertiary/aromatic N) is 1. The maximum absolute atomic E-state index is 12.1. The minimum absolute atomic E-state index is 0.137. The lowest BCUT2D eigenvalue weighted by molar-refractivity contribution is -0.134. The second-order valence-corrected chi connectivity index (χ2v) is 6.54. The first-order valence-electron chi connectivity index (χ1n) is 5.30. The highest BCUT2D eigenvalue weighted by atomic mass is 79.9. The van der Waals surface area contributed by atoms with Gasteiger partial charge in [0.05, 0.1) is 3.79 Å². The fourth-order valence-electron chi connectivity index (χ4n) is 1.48.